The summed E-state index contributed by atoms with van der Waals surface area (Å²) in [6.07, 6.45) is 1.81. The molecule has 0 radical (unpaired) electrons. The maximum atomic E-state index is 12.8. The van der Waals surface area contributed by atoms with Crippen molar-refractivity contribution < 1.29 is 284 Å². The summed E-state index contributed by atoms with van der Waals surface area (Å²) in [6.45, 7) is 0. The van der Waals surface area contributed by atoms with Crippen molar-refractivity contribution in [3.05, 3.63) is 166 Å². The zero-order valence-electron chi connectivity index (χ0n) is 49.6. The van der Waals surface area contributed by atoms with Gasteiger partial charge >= 0.3 is 201 Å². The van der Waals surface area contributed by atoms with Gasteiger partial charge < -0.3 is 46.3 Å². The van der Waals surface area contributed by atoms with E-state index in [1.165, 1.54) is 48.5 Å². The second kappa shape index (κ2) is 35.4. The van der Waals surface area contributed by atoms with Gasteiger partial charge in [0, 0.05) is 0 Å². The molecule has 0 amide bonds. The molecule has 0 unspecified atom stereocenters. The molecule has 0 spiro atoms. The molecular formula is C48H32N10Na6O24S6. The zero-order valence-corrected chi connectivity index (χ0v) is 66.5. The second-order valence-corrected chi connectivity index (χ2v) is 25.3. The minimum absolute atomic E-state index is 0. The van der Waals surface area contributed by atoms with Crippen LogP contribution in [0, 0.1) is 0 Å². The first-order chi connectivity index (χ1) is 41.0. The minimum atomic E-state index is -5.51. The molecule has 0 saturated carbocycles. The third kappa shape index (κ3) is 23.5. The first-order valence-corrected chi connectivity index (χ1v) is 31.8. The predicted octanol–water partition coefficient (Wildman–Crippen LogP) is -16.5. The van der Waals surface area contributed by atoms with E-state index in [2.05, 4.69) is 59.3 Å². The minimum Gasteiger partial charge on any atom is -0.744 e. The van der Waals surface area contributed by atoms with E-state index in [9.17, 15) is 87.4 Å². The first-order valence-electron chi connectivity index (χ1n) is 23.4. The Morgan fingerprint density at radius 2 is 0.713 bits per heavy atom. The van der Waals surface area contributed by atoms with Gasteiger partial charge in [-0.2, -0.15) is 9.97 Å². The number of hydrogen-bond acceptors (Lipinski definition) is 30. The summed E-state index contributed by atoms with van der Waals surface area (Å²) < 4.78 is 242. The number of H-pyrrole nitrogens is 4. The number of ether oxygens (including phenoxy) is 4. The third-order valence-electron chi connectivity index (χ3n) is 11.2. The molecule has 0 fully saturated rings. The van der Waals surface area contributed by atoms with E-state index in [-0.39, 0.29) is 200 Å². The standard InChI is InChI=1S/C48H38N10O24S6.6Na/c1-79-41(59)27-7-13-31(14-8-27)81-47-55-43(53-45(57-47)51-35-23-33(83(61,62)63)17-19-37(35)85(67,68)69)49-29-11-5-25(39(21-29)87(73,74)75)3-4-26-6-12-30(22-40(26)88(76,77)78)50-44-54-46(52-36-24-34(84(64,65)66)18-20-38(36)86(70,71)72)58-48(56-44)82-32-15-9-28(10-16-32)42(60)80-2;;;;;;/h3-24H,1-2H3,(H,61,62,63)(H,64,65,66)(H,67,68,69)(H,70,71,72)(H,73,74,75)(H,76,77,78)(H2,49,51,53,55,57)(H2,50,52,54,56,58);;;;;;/q;6*+1/p-6/b4-3+;;;;;;. The summed E-state index contributed by atoms with van der Waals surface area (Å²) in [4.78, 5) is 51.9. The quantitative estimate of drug-likeness (QED) is 0.0268. The Hall–Kier alpha value is -3.72. The van der Waals surface area contributed by atoms with Gasteiger partial charge in [-0.05, 0) is 120 Å². The molecular weight excluding hydrogens is 1430 g/mol. The number of aromatic nitrogens is 6. The molecule has 0 aliphatic carbocycles. The molecule has 2 aromatic heterocycles. The van der Waals surface area contributed by atoms with Gasteiger partial charge in [-0.3, -0.25) is 19.9 Å². The fourth-order valence-corrected chi connectivity index (χ4v) is 10.9. The van der Waals surface area contributed by atoms with E-state index in [1.54, 1.807) is 0 Å². The maximum Gasteiger partial charge on any atom is 1.00 e. The van der Waals surface area contributed by atoms with Gasteiger partial charge in [-0.25, -0.2) is 80.1 Å². The van der Waals surface area contributed by atoms with Crippen LogP contribution >= 0.6 is 0 Å². The van der Waals surface area contributed by atoms with Crippen molar-refractivity contribution in [3.63, 3.8) is 0 Å². The molecule has 0 bridgehead atoms. The van der Waals surface area contributed by atoms with Gasteiger partial charge in [0.15, 0.2) is 0 Å². The largest absolute Gasteiger partial charge is 1.00 e. The van der Waals surface area contributed by atoms with Crippen molar-refractivity contribution in [1.82, 2.24) is 29.9 Å². The predicted molar refractivity (Wildman–Crippen MR) is 285 cm³/mol. The Morgan fingerprint density at radius 3 is 1.00 bits per heavy atom. The van der Waals surface area contributed by atoms with Crippen LogP contribution in [-0.4, -0.2) is 134 Å². The van der Waals surface area contributed by atoms with Gasteiger partial charge in [-0.15, -0.1) is 0 Å². The molecule has 0 atom stereocenters. The average Bonchev–Trinajstić information content (AvgIpc) is 0.825. The Labute approximate surface area is 664 Å². The molecule has 0 aliphatic rings. The number of esters is 2. The Kier molecular flexibility index (Phi) is 32.5. The van der Waals surface area contributed by atoms with Gasteiger partial charge in [0.2, 0.25) is 22.5 Å². The Morgan fingerprint density at radius 1 is 0.394 bits per heavy atom. The Balaban J connectivity index is 0.00000501. The average molecular weight is 1460 g/mol. The van der Waals surface area contributed by atoms with Gasteiger partial charge in [-0.1, -0.05) is 24.3 Å². The van der Waals surface area contributed by atoms with Crippen LogP contribution in [0.25, 0.3) is 12.2 Å². The molecule has 6 aromatic carbocycles. The molecule has 34 nitrogen and oxygen atoms in total. The van der Waals surface area contributed by atoms with E-state index in [0.29, 0.717) is 48.5 Å². The van der Waals surface area contributed by atoms with Crippen LogP contribution in [-0.2, 0) is 70.2 Å². The third-order valence-corrected chi connectivity index (χ3v) is 16.4. The summed E-state index contributed by atoms with van der Waals surface area (Å²) in [5, 5.41) is 0. The maximum absolute atomic E-state index is 12.8. The number of aromatic amines is 4. The van der Waals surface area contributed by atoms with Crippen molar-refractivity contribution in [2.75, 3.05) is 14.2 Å². The molecule has 46 heteroatoms. The molecule has 4 N–H and O–H groups in total. The summed E-state index contributed by atoms with van der Waals surface area (Å²) in [7, 11) is -30.2. The molecule has 8 rings (SSSR count). The number of carbonyl (C=O) groups excluding carboxylic acids is 2. The van der Waals surface area contributed by atoms with Crippen LogP contribution in [0.3, 0.4) is 0 Å². The van der Waals surface area contributed by atoms with Crippen LogP contribution < -0.4 is 209 Å². The second-order valence-electron chi connectivity index (χ2n) is 17.1. The summed E-state index contributed by atoms with van der Waals surface area (Å²) in [5.41, 5.74) is -5.84. The van der Waals surface area contributed by atoms with E-state index in [4.69, 9.17) is 9.47 Å². The Bertz CT molecular complexity index is 4930. The molecule has 2 heterocycles. The van der Waals surface area contributed by atoms with Crippen molar-refractivity contribution in [1.29, 1.82) is 0 Å². The molecule has 460 valence electrons. The topological polar surface area (TPSA) is 553 Å². The summed E-state index contributed by atoms with van der Waals surface area (Å²) in [6, 6.07) is 17.6. The smallest absolute Gasteiger partial charge is 0.744 e. The number of benzene rings is 6. The SMILES string of the molecule is COC(=O)c1ccc(Oc2nc(=Nc3ccc(/C=C/c4ccc(N=c5nc(Oc6ccc(C(=O)OC)cc6)[nH]c(=Nc6cc(S(=O)(=O)[O-])ccc6S(=O)(=O)[O-])[nH]5)cc4S(=O)(=O)[O-])c(S(=O)(=O)[O-])c3)[nH]c(=Nc3cc(S(=O)(=O)[O-])ccc3S(=O)(=O)[O-])[nH]2)cc1.[Na+].[Na+].[Na+].[Na+].[Na+].[Na+]. The summed E-state index contributed by atoms with van der Waals surface area (Å²) >= 11 is 0. The zero-order chi connectivity index (χ0) is 64.3. The van der Waals surface area contributed by atoms with Crippen molar-refractivity contribution >= 4 is 108 Å². The van der Waals surface area contributed by atoms with Crippen molar-refractivity contribution in [2.24, 2.45) is 20.0 Å². The van der Waals surface area contributed by atoms with Gasteiger partial charge in [0.25, 0.3) is 0 Å². The number of nitrogens with zero attached hydrogens (tertiary/aromatic N) is 6. The van der Waals surface area contributed by atoms with Crippen LogP contribution in [0.5, 0.6) is 23.5 Å². The van der Waals surface area contributed by atoms with E-state index >= 15 is 0 Å². The van der Waals surface area contributed by atoms with Crippen LogP contribution in [0.4, 0.5) is 22.7 Å². The molecule has 0 saturated heterocycles. The molecule has 94 heavy (non-hydrogen) atoms. The van der Waals surface area contributed by atoms with Crippen molar-refractivity contribution in [2.45, 2.75) is 29.4 Å². The first kappa shape index (κ1) is 86.4. The van der Waals surface area contributed by atoms with E-state index in [1.807, 2.05) is 0 Å². The van der Waals surface area contributed by atoms with Crippen molar-refractivity contribution in [3.8, 4) is 23.5 Å². The van der Waals surface area contributed by atoms with Crippen LogP contribution in [0.1, 0.15) is 31.8 Å². The number of nitrogens with one attached hydrogen (secondary N) is 4. The van der Waals surface area contributed by atoms with Gasteiger partial charge in [0.05, 0.1) is 77.5 Å². The number of hydrogen-bond donors (Lipinski definition) is 4. The van der Waals surface area contributed by atoms with Crippen LogP contribution in [0.15, 0.2) is 171 Å². The monoisotopic (exact) mass is 1460 g/mol. The number of carbonyl (C=O) groups is 2. The fourth-order valence-electron chi connectivity index (χ4n) is 7.33. The van der Waals surface area contributed by atoms with Crippen LogP contribution in [0.2, 0.25) is 0 Å². The number of methoxy groups -OCH3 is 2. The fraction of sp³-hybridized carbons (Fsp3) is 0.0417. The normalized spacial score (nSPS) is 12.6. The van der Waals surface area contributed by atoms with E-state index < -0.39 is 170 Å². The van der Waals surface area contributed by atoms with E-state index in [0.717, 1.165) is 50.6 Å². The summed E-state index contributed by atoms with van der Waals surface area (Å²) in [5.74, 6) is -1.55. The molecule has 0 aliphatic heterocycles. The number of rotatable bonds is 18. The van der Waals surface area contributed by atoms with Gasteiger partial charge in [0.1, 0.15) is 72.2 Å². The molecule has 8 aromatic rings.